The summed E-state index contributed by atoms with van der Waals surface area (Å²) in [5.41, 5.74) is 7.63. The quantitative estimate of drug-likeness (QED) is 0.813. The van der Waals surface area contributed by atoms with Gasteiger partial charge in [-0.3, -0.25) is 0 Å². The molecule has 1 nitrogen and oxygen atoms in total. The van der Waals surface area contributed by atoms with E-state index in [1.165, 1.54) is 30.6 Å². The highest BCUT2D eigenvalue weighted by atomic mass is 32.1. The molecule has 1 heterocycles. The van der Waals surface area contributed by atoms with E-state index in [1.54, 1.807) is 5.56 Å². The molecule has 2 heteroatoms. The van der Waals surface area contributed by atoms with Crippen LogP contribution in [0.3, 0.4) is 0 Å². The molecule has 1 fully saturated rings. The first kappa shape index (κ1) is 11.2. The van der Waals surface area contributed by atoms with E-state index in [9.17, 15) is 0 Å². The molecule has 0 radical (unpaired) electrons. The van der Waals surface area contributed by atoms with Crippen molar-refractivity contribution < 1.29 is 0 Å². The van der Waals surface area contributed by atoms with Crippen LogP contribution in [-0.2, 0) is 0 Å². The molecule has 0 saturated heterocycles. The molecule has 0 aliphatic heterocycles. The van der Waals surface area contributed by atoms with Gasteiger partial charge in [-0.05, 0) is 55.0 Å². The van der Waals surface area contributed by atoms with Crippen LogP contribution >= 0.6 is 11.3 Å². The predicted octanol–water partition coefficient (Wildman–Crippen LogP) is 3.68. The van der Waals surface area contributed by atoms with Crippen molar-refractivity contribution in [2.45, 2.75) is 51.5 Å². The minimum absolute atomic E-state index is 0.429. The van der Waals surface area contributed by atoms with Gasteiger partial charge in [0.15, 0.2) is 0 Å². The maximum Gasteiger partial charge on any atom is 0.00448 e. The van der Waals surface area contributed by atoms with Crippen molar-refractivity contribution >= 4 is 11.3 Å². The second-order valence-corrected chi connectivity index (χ2v) is 5.95. The molecule has 1 aromatic heterocycles. The number of thiophene rings is 1. The maximum atomic E-state index is 6.09. The smallest absolute Gasteiger partial charge is 0.00448 e. The summed E-state index contributed by atoms with van der Waals surface area (Å²) in [6, 6.07) is 2.79. The molecule has 1 aliphatic carbocycles. The van der Waals surface area contributed by atoms with Crippen molar-refractivity contribution in [1.29, 1.82) is 0 Å². The van der Waals surface area contributed by atoms with E-state index in [0.29, 0.717) is 6.04 Å². The Morgan fingerprint density at radius 3 is 2.87 bits per heavy atom. The molecule has 1 saturated carbocycles. The molecule has 3 unspecified atom stereocenters. The third-order valence-electron chi connectivity index (χ3n) is 3.74. The Kier molecular flexibility index (Phi) is 3.47. The van der Waals surface area contributed by atoms with Gasteiger partial charge in [-0.15, -0.1) is 11.3 Å². The fraction of sp³-hybridized carbons (Fsp3) is 0.692. The Bertz CT molecular complexity index is 318. The number of nitrogens with two attached hydrogens (primary N) is 1. The van der Waals surface area contributed by atoms with Crippen molar-refractivity contribution in [3.05, 3.63) is 21.9 Å². The summed E-state index contributed by atoms with van der Waals surface area (Å²) >= 11 is 1.87. The van der Waals surface area contributed by atoms with Gasteiger partial charge >= 0.3 is 0 Å². The fourth-order valence-electron chi connectivity index (χ4n) is 2.82. The zero-order valence-electron chi connectivity index (χ0n) is 9.70. The molecule has 84 valence electrons. The van der Waals surface area contributed by atoms with E-state index >= 15 is 0 Å². The first-order chi connectivity index (χ1) is 7.20. The number of aryl methyl sites for hydroxylation is 1. The van der Waals surface area contributed by atoms with Crippen LogP contribution in [0.25, 0.3) is 0 Å². The normalized spacial score (nSPS) is 31.8. The Hall–Kier alpha value is -0.340. The topological polar surface area (TPSA) is 26.0 Å². The monoisotopic (exact) mass is 223 g/mol. The highest BCUT2D eigenvalue weighted by Gasteiger charge is 2.29. The van der Waals surface area contributed by atoms with Gasteiger partial charge < -0.3 is 5.73 Å². The summed E-state index contributed by atoms with van der Waals surface area (Å²) in [4.78, 5) is 1.43. The lowest BCUT2D eigenvalue weighted by Crippen LogP contribution is -2.31. The van der Waals surface area contributed by atoms with Crippen LogP contribution in [0.4, 0.5) is 0 Å². The van der Waals surface area contributed by atoms with E-state index in [2.05, 4.69) is 25.3 Å². The average Bonchev–Trinajstić information content (AvgIpc) is 2.65. The Morgan fingerprint density at radius 2 is 2.27 bits per heavy atom. The molecule has 3 atom stereocenters. The third-order valence-corrected chi connectivity index (χ3v) is 4.62. The highest BCUT2D eigenvalue weighted by molar-refractivity contribution is 7.10. The summed E-state index contributed by atoms with van der Waals surface area (Å²) in [6.45, 7) is 4.51. The fourth-order valence-corrected chi connectivity index (χ4v) is 3.59. The molecule has 0 aromatic carbocycles. The van der Waals surface area contributed by atoms with Crippen molar-refractivity contribution in [2.75, 3.05) is 0 Å². The molecular formula is C13H21NS. The highest BCUT2D eigenvalue weighted by Crippen LogP contribution is 2.40. The van der Waals surface area contributed by atoms with Crippen molar-refractivity contribution in [3.63, 3.8) is 0 Å². The number of hydrogen-bond donors (Lipinski definition) is 1. The molecule has 0 spiro atoms. The van der Waals surface area contributed by atoms with E-state index in [-0.39, 0.29) is 0 Å². The van der Waals surface area contributed by atoms with Gasteiger partial charge in [-0.1, -0.05) is 13.3 Å². The standard InChI is InChI=1S/C13H21NS/c1-3-10-4-5-12(14)7-13(10)11-6-9(2)15-8-11/h6,8,10,12-13H,3-5,7,14H2,1-2H3. The third kappa shape index (κ3) is 2.43. The Morgan fingerprint density at radius 1 is 1.47 bits per heavy atom. The van der Waals surface area contributed by atoms with E-state index < -0.39 is 0 Å². The van der Waals surface area contributed by atoms with Gasteiger partial charge in [0, 0.05) is 10.9 Å². The predicted molar refractivity (Wildman–Crippen MR) is 67.4 cm³/mol. The van der Waals surface area contributed by atoms with Gasteiger partial charge in [-0.25, -0.2) is 0 Å². The van der Waals surface area contributed by atoms with Gasteiger partial charge in [0.2, 0.25) is 0 Å². The number of rotatable bonds is 2. The zero-order valence-corrected chi connectivity index (χ0v) is 10.5. The molecule has 2 rings (SSSR count). The van der Waals surface area contributed by atoms with Crippen LogP contribution in [0.1, 0.15) is 49.0 Å². The Balaban J connectivity index is 2.16. The lowest BCUT2D eigenvalue weighted by atomic mass is 9.73. The molecule has 1 aromatic rings. The van der Waals surface area contributed by atoms with Crippen molar-refractivity contribution in [2.24, 2.45) is 11.7 Å². The summed E-state index contributed by atoms with van der Waals surface area (Å²) in [6.07, 6.45) is 5.02. The molecule has 0 bridgehead atoms. The van der Waals surface area contributed by atoms with Crippen LogP contribution in [-0.4, -0.2) is 6.04 Å². The summed E-state index contributed by atoms with van der Waals surface area (Å²) in [5.74, 6) is 1.59. The zero-order chi connectivity index (χ0) is 10.8. The lowest BCUT2D eigenvalue weighted by molar-refractivity contribution is 0.274. The summed E-state index contributed by atoms with van der Waals surface area (Å²) < 4.78 is 0. The van der Waals surface area contributed by atoms with Crippen LogP contribution in [0.15, 0.2) is 11.4 Å². The van der Waals surface area contributed by atoms with Gasteiger partial charge in [0.05, 0.1) is 0 Å². The van der Waals surface area contributed by atoms with Crippen molar-refractivity contribution in [1.82, 2.24) is 0 Å². The molecule has 15 heavy (non-hydrogen) atoms. The van der Waals surface area contributed by atoms with Crippen molar-refractivity contribution in [3.8, 4) is 0 Å². The van der Waals surface area contributed by atoms with Crippen LogP contribution < -0.4 is 5.73 Å². The van der Waals surface area contributed by atoms with E-state index in [0.717, 1.165) is 11.8 Å². The van der Waals surface area contributed by atoms with Gasteiger partial charge in [-0.2, -0.15) is 0 Å². The van der Waals surface area contributed by atoms with E-state index in [1.807, 2.05) is 11.3 Å². The van der Waals surface area contributed by atoms with Gasteiger partial charge in [0.1, 0.15) is 0 Å². The molecular weight excluding hydrogens is 202 g/mol. The minimum Gasteiger partial charge on any atom is -0.328 e. The largest absolute Gasteiger partial charge is 0.328 e. The number of hydrogen-bond acceptors (Lipinski definition) is 2. The second kappa shape index (κ2) is 4.67. The summed E-state index contributed by atoms with van der Waals surface area (Å²) in [7, 11) is 0. The Labute approximate surface area is 96.7 Å². The SMILES string of the molecule is CCC1CCC(N)CC1c1csc(C)c1. The molecule has 2 N–H and O–H groups in total. The van der Waals surface area contributed by atoms with Crippen LogP contribution in [0.5, 0.6) is 0 Å². The van der Waals surface area contributed by atoms with Gasteiger partial charge in [0.25, 0.3) is 0 Å². The second-order valence-electron chi connectivity index (χ2n) is 4.84. The lowest BCUT2D eigenvalue weighted by Gasteiger charge is -2.34. The summed E-state index contributed by atoms with van der Waals surface area (Å²) in [5, 5.41) is 2.33. The maximum absolute atomic E-state index is 6.09. The molecule has 1 aliphatic rings. The average molecular weight is 223 g/mol. The van der Waals surface area contributed by atoms with Crippen LogP contribution in [0.2, 0.25) is 0 Å². The molecule has 0 amide bonds. The minimum atomic E-state index is 0.429. The first-order valence-electron chi connectivity index (χ1n) is 6.01. The van der Waals surface area contributed by atoms with E-state index in [4.69, 9.17) is 5.73 Å². The van der Waals surface area contributed by atoms with Crippen LogP contribution in [0, 0.1) is 12.8 Å². The first-order valence-corrected chi connectivity index (χ1v) is 6.89.